The van der Waals surface area contributed by atoms with Crippen LogP contribution in [-0.4, -0.2) is 11.3 Å². The Balaban J connectivity index is 1.89. The Morgan fingerprint density at radius 1 is 1.10 bits per heavy atom. The van der Waals surface area contributed by atoms with Crippen LogP contribution < -0.4 is 10.7 Å². The Hall–Kier alpha value is -2.34. The number of hydrogen-bond donors (Lipinski definition) is 2. The smallest absolute Gasteiger partial charge is 0.191 e. The molecule has 0 radical (unpaired) electrons. The van der Waals surface area contributed by atoms with Gasteiger partial charge in [-0.05, 0) is 49.0 Å². The normalized spacial score (nSPS) is 10.6. The number of benzene rings is 2. The summed E-state index contributed by atoms with van der Waals surface area (Å²) >= 11 is 5.06. The lowest BCUT2D eigenvalue weighted by molar-refractivity contribution is 0.508. The van der Waals surface area contributed by atoms with E-state index in [4.69, 9.17) is 12.2 Å². The first kappa shape index (κ1) is 15.1. The van der Waals surface area contributed by atoms with Crippen molar-refractivity contribution in [3.05, 3.63) is 65.2 Å². The third-order valence-corrected chi connectivity index (χ3v) is 2.83. The van der Waals surface area contributed by atoms with E-state index in [0.29, 0.717) is 10.7 Å². The van der Waals surface area contributed by atoms with Crippen molar-refractivity contribution < 1.29 is 8.78 Å². The predicted molar refractivity (Wildman–Crippen MR) is 84.5 cm³/mol. The number of hydrazone groups is 1. The van der Waals surface area contributed by atoms with Gasteiger partial charge >= 0.3 is 0 Å². The Bertz CT molecular complexity index is 669. The van der Waals surface area contributed by atoms with Crippen molar-refractivity contribution in [1.29, 1.82) is 0 Å². The van der Waals surface area contributed by atoms with Crippen LogP contribution in [0.3, 0.4) is 0 Å². The van der Waals surface area contributed by atoms with Crippen molar-refractivity contribution in [2.45, 2.75) is 6.92 Å². The number of nitrogens with zero attached hydrogens (tertiary/aromatic N) is 1. The van der Waals surface area contributed by atoms with Crippen LogP contribution in [0.25, 0.3) is 0 Å². The summed E-state index contributed by atoms with van der Waals surface area (Å²) in [5.41, 5.74) is 5.02. The van der Waals surface area contributed by atoms with E-state index in [-0.39, 0.29) is 0 Å². The molecular formula is C15H13F2N3S. The molecule has 0 atom stereocenters. The monoisotopic (exact) mass is 305 g/mol. The number of halogens is 2. The molecule has 21 heavy (non-hydrogen) atoms. The van der Waals surface area contributed by atoms with Crippen LogP contribution >= 0.6 is 12.2 Å². The molecule has 0 aliphatic heterocycles. The Morgan fingerprint density at radius 2 is 1.81 bits per heavy atom. The highest BCUT2D eigenvalue weighted by molar-refractivity contribution is 7.80. The van der Waals surface area contributed by atoms with Gasteiger partial charge < -0.3 is 5.32 Å². The fourth-order valence-corrected chi connectivity index (χ4v) is 1.72. The van der Waals surface area contributed by atoms with E-state index in [1.165, 1.54) is 12.3 Å². The third-order valence-electron chi connectivity index (χ3n) is 2.63. The highest BCUT2D eigenvalue weighted by Crippen LogP contribution is 2.08. The van der Waals surface area contributed by atoms with E-state index in [9.17, 15) is 8.78 Å². The van der Waals surface area contributed by atoms with Crippen LogP contribution in [0.15, 0.2) is 47.6 Å². The zero-order chi connectivity index (χ0) is 15.2. The SMILES string of the molecule is Cc1ccc(NC(=S)NN=Cc2ccc(F)c(F)c2)cc1. The van der Waals surface area contributed by atoms with Gasteiger partial charge in [0.2, 0.25) is 0 Å². The molecule has 0 amide bonds. The maximum atomic E-state index is 13.0. The van der Waals surface area contributed by atoms with Crippen molar-refractivity contribution in [2.24, 2.45) is 5.10 Å². The van der Waals surface area contributed by atoms with Crippen LogP contribution in [0.4, 0.5) is 14.5 Å². The molecule has 2 aromatic rings. The van der Waals surface area contributed by atoms with Crippen molar-refractivity contribution in [1.82, 2.24) is 5.43 Å². The number of aryl methyl sites for hydroxylation is 1. The van der Waals surface area contributed by atoms with E-state index in [1.807, 2.05) is 31.2 Å². The molecule has 0 fully saturated rings. The lowest BCUT2D eigenvalue weighted by Gasteiger charge is -2.06. The van der Waals surface area contributed by atoms with Crippen molar-refractivity contribution >= 4 is 29.2 Å². The zero-order valence-electron chi connectivity index (χ0n) is 11.2. The van der Waals surface area contributed by atoms with Gasteiger partial charge in [-0.2, -0.15) is 5.10 Å². The number of thiocarbonyl (C=S) groups is 1. The number of hydrogen-bond acceptors (Lipinski definition) is 2. The van der Waals surface area contributed by atoms with Crippen LogP contribution in [0.2, 0.25) is 0 Å². The second-order valence-corrected chi connectivity index (χ2v) is 4.77. The average molecular weight is 305 g/mol. The number of rotatable bonds is 3. The lowest BCUT2D eigenvalue weighted by atomic mass is 10.2. The fourth-order valence-electron chi connectivity index (χ4n) is 1.55. The Morgan fingerprint density at radius 3 is 2.48 bits per heavy atom. The molecule has 0 spiro atoms. The van der Waals surface area contributed by atoms with Crippen molar-refractivity contribution in [3.8, 4) is 0 Å². The van der Waals surface area contributed by atoms with Gasteiger partial charge in [0, 0.05) is 5.69 Å². The van der Waals surface area contributed by atoms with Crippen LogP contribution in [0, 0.1) is 18.6 Å². The molecular weight excluding hydrogens is 292 g/mol. The molecule has 2 N–H and O–H groups in total. The van der Waals surface area contributed by atoms with Gasteiger partial charge in [0.25, 0.3) is 0 Å². The summed E-state index contributed by atoms with van der Waals surface area (Å²) < 4.78 is 25.7. The van der Waals surface area contributed by atoms with Gasteiger partial charge in [-0.3, -0.25) is 5.43 Å². The van der Waals surface area contributed by atoms with Crippen molar-refractivity contribution in [3.63, 3.8) is 0 Å². The fraction of sp³-hybridized carbons (Fsp3) is 0.0667. The molecule has 3 nitrogen and oxygen atoms in total. The molecule has 0 heterocycles. The highest BCUT2D eigenvalue weighted by Gasteiger charge is 2.00. The average Bonchev–Trinajstić information content (AvgIpc) is 2.45. The standard InChI is InChI=1S/C15H13F2N3S/c1-10-2-5-12(6-3-10)19-15(21)20-18-9-11-4-7-13(16)14(17)8-11/h2-9H,1H3,(H2,19,20,21). The molecule has 0 unspecified atom stereocenters. The van der Waals surface area contributed by atoms with E-state index in [0.717, 1.165) is 23.4 Å². The van der Waals surface area contributed by atoms with Crippen LogP contribution in [0.1, 0.15) is 11.1 Å². The summed E-state index contributed by atoms with van der Waals surface area (Å²) in [5, 5.41) is 7.11. The first-order valence-electron chi connectivity index (χ1n) is 6.16. The molecule has 0 aliphatic carbocycles. The minimum atomic E-state index is -0.917. The third kappa shape index (κ3) is 4.61. The second-order valence-electron chi connectivity index (χ2n) is 4.36. The maximum absolute atomic E-state index is 13.0. The molecule has 108 valence electrons. The predicted octanol–water partition coefficient (Wildman–Crippen LogP) is 3.59. The minimum absolute atomic E-state index is 0.303. The van der Waals surface area contributed by atoms with E-state index < -0.39 is 11.6 Å². The van der Waals surface area contributed by atoms with E-state index >= 15 is 0 Å². The van der Waals surface area contributed by atoms with E-state index in [2.05, 4.69) is 15.8 Å². The van der Waals surface area contributed by atoms with Gasteiger partial charge in [-0.15, -0.1) is 0 Å². The second kappa shape index (κ2) is 6.90. The van der Waals surface area contributed by atoms with Gasteiger partial charge in [-0.1, -0.05) is 23.8 Å². The minimum Gasteiger partial charge on any atom is -0.331 e. The summed E-state index contributed by atoms with van der Waals surface area (Å²) in [5.74, 6) is -1.81. The topological polar surface area (TPSA) is 36.4 Å². The summed E-state index contributed by atoms with van der Waals surface area (Å²) in [6.45, 7) is 1.99. The van der Waals surface area contributed by atoms with Gasteiger partial charge in [0.15, 0.2) is 16.7 Å². The molecule has 0 aliphatic rings. The zero-order valence-corrected chi connectivity index (χ0v) is 12.0. The van der Waals surface area contributed by atoms with Gasteiger partial charge in [-0.25, -0.2) is 8.78 Å². The molecule has 0 aromatic heterocycles. The summed E-state index contributed by atoms with van der Waals surface area (Å²) in [7, 11) is 0. The lowest BCUT2D eigenvalue weighted by Crippen LogP contribution is -2.23. The number of anilines is 1. The van der Waals surface area contributed by atoms with Crippen LogP contribution in [0.5, 0.6) is 0 Å². The summed E-state index contributed by atoms with van der Waals surface area (Å²) in [6.07, 6.45) is 1.35. The first-order valence-corrected chi connectivity index (χ1v) is 6.57. The van der Waals surface area contributed by atoms with Crippen LogP contribution in [-0.2, 0) is 0 Å². The molecule has 2 aromatic carbocycles. The molecule has 2 rings (SSSR count). The highest BCUT2D eigenvalue weighted by atomic mass is 32.1. The quantitative estimate of drug-likeness (QED) is 0.517. The largest absolute Gasteiger partial charge is 0.331 e. The Kier molecular flexibility index (Phi) is 4.94. The first-order chi connectivity index (χ1) is 10.0. The van der Waals surface area contributed by atoms with Crippen molar-refractivity contribution in [2.75, 3.05) is 5.32 Å². The molecule has 0 bridgehead atoms. The maximum Gasteiger partial charge on any atom is 0.191 e. The van der Waals surface area contributed by atoms with Gasteiger partial charge in [0.05, 0.1) is 6.21 Å². The summed E-state index contributed by atoms with van der Waals surface area (Å²) in [4.78, 5) is 0. The number of nitrogens with one attached hydrogen (secondary N) is 2. The molecule has 0 saturated carbocycles. The van der Waals surface area contributed by atoms with E-state index in [1.54, 1.807) is 0 Å². The molecule has 0 saturated heterocycles. The Labute approximate surface area is 126 Å². The molecule has 6 heteroatoms. The summed E-state index contributed by atoms with van der Waals surface area (Å²) in [6, 6.07) is 11.2. The van der Waals surface area contributed by atoms with Gasteiger partial charge in [0.1, 0.15) is 0 Å².